The summed E-state index contributed by atoms with van der Waals surface area (Å²) in [5, 5.41) is 0. The van der Waals surface area contributed by atoms with E-state index in [0.29, 0.717) is 23.9 Å². The third-order valence-corrected chi connectivity index (χ3v) is 21.5. The van der Waals surface area contributed by atoms with Crippen LogP contribution in [-0.4, -0.2) is 74.9 Å². The average molecular weight is 1450 g/mol. The second kappa shape index (κ2) is 82.8. The van der Waals surface area contributed by atoms with Gasteiger partial charge in [-0.2, -0.15) is 0 Å². The molecule has 0 aliphatic rings. The van der Waals surface area contributed by atoms with Crippen molar-refractivity contribution in [1.82, 2.24) is 0 Å². The molecule has 0 rings (SSSR count). The number of carbonyl (C=O) groups excluding carboxylic acids is 2. The maximum Gasteiger partial charge on any atom is 0.472 e. The lowest BCUT2D eigenvalue weighted by Gasteiger charge is -2.24. The number of quaternary nitrogens is 1. The van der Waals surface area contributed by atoms with Gasteiger partial charge < -0.3 is 18.9 Å². The first kappa shape index (κ1) is 99.7. The molecule has 102 heavy (non-hydrogen) atoms. The molecule has 0 aromatic carbocycles. The van der Waals surface area contributed by atoms with Crippen LogP contribution in [0.15, 0.2) is 60.8 Å². The number of phosphoric acid groups is 1. The van der Waals surface area contributed by atoms with Crippen molar-refractivity contribution in [2.45, 2.75) is 469 Å². The van der Waals surface area contributed by atoms with E-state index in [4.69, 9.17) is 18.5 Å². The molecule has 0 bridgehead atoms. The third kappa shape index (κ3) is 86.6. The second-order valence-electron chi connectivity index (χ2n) is 32.0. The van der Waals surface area contributed by atoms with Crippen LogP contribution in [0.4, 0.5) is 0 Å². The molecular weight excluding hydrogens is 1280 g/mol. The van der Waals surface area contributed by atoms with Gasteiger partial charge >= 0.3 is 19.8 Å². The lowest BCUT2D eigenvalue weighted by atomic mass is 10.0. The van der Waals surface area contributed by atoms with Crippen molar-refractivity contribution in [3.05, 3.63) is 60.8 Å². The highest BCUT2D eigenvalue weighted by Gasteiger charge is 2.27. The molecule has 0 aliphatic carbocycles. The summed E-state index contributed by atoms with van der Waals surface area (Å²) in [7, 11) is 1.50. The molecule has 9 nitrogen and oxygen atoms in total. The summed E-state index contributed by atoms with van der Waals surface area (Å²) < 4.78 is 34.9. The van der Waals surface area contributed by atoms with Crippen LogP contribution in [0, 0.1) is 0 Å². The molecule has 1 N–H and O–H groups in total. The molecule has 0 heterocycles. The predicted molar refractivity (Wildman–Crippen MR) is 446 cm³/mol. The summed E-state index contributed by atoms with van der Waals surface area (Å²) in [4.78, 5) is 36.1. The number of phosphoric ester groups is 1. The van der Waals surface area contributed by atoms with E-state index in [1.165, 1.54) is 366 Å². The van der Waals surface area contributed by atoms with Crippen LogP contribution in [0.1, 0.15) is 463 Å². The fourth-order valence-electron chi connectivity index (χ4n) is 13.8. The lowest BCUT2D eigenvalue weighted by molar-refractivity contribution is -0.870. The van der Waals surface area contributed by atoms with E-state index in [-0.39, 0.29) is 25.6 Å². The summed E-state index contributed by atoms with van der Waals surface area (Å²) in [5.74, 6) is -0.768. The first-order valence-electron chi connectivity index (χ1n) is 45.0. The average Bonchev–Trinajstić information content (AvgIpc) is 0.916. The van der Waals surface area contributed by atoms with Crippen LogP contribution in [0.3, 0.4) is 0 Å². The largest absolute Gasteiger partial charge is 0.472 e. The number of hydrogen-bond acceptors (Lipinski definition) is 7. The van der Waals surface area contributed by atoms with Gasteiger partial charge in [-0.15, -0.1) is 0 Å². The van der Waals surface area contributed by atoms with Crippen molar-refractivity contribution < 1.29 is 42.1 Å². The van der Waals surface area contributed by atoms with Gasteiger partial charge in [0, 0.05) is 12.8 Å². The maximum absolute atomic E-state index is 12.9. The Kier molecular flexibility index (Phi) is 80.9. The molecular formula is C92H175NO8P+. The van der Waals surface area contributed by atoms with Gasteiger partial charge in [0.15, 0.2) is 6.10 Å². The van der Waals surface area contributed by atoms with Crippen molar-refractivity contribution >= 4 is 19.8 Å². The Morgan fingerprint density at radius 1 is 0.314 bits per heavy atom. The van der Waals surface area contributed by atoms with Crippen LogP contribution in [0.5, 0.6) is 0 Å². The van der Waals surface area contributed by atoms with Crippen LogP contribution in [0.2, 0.25) is 0 Å². The Morgan fingerprint density at radius 2 is 0.559 bits per heavy atom. The highest BCUT2D eigenvalue weighted by Crippen LogP contribution is 2.43. The molecule has 0 amide bonds. The zero-order valence-electron chi connectivity index (χ0n) is 68.9. The van der Waals surface area contributed by atoms with Gasteiger partial charge in [0.2, 0.25) is 0 Å². The number of unbranched alkanes of at least 4 members (excludes halogenated alkanes) is 61. The van der Waals surface area contributed by atoms with Crippen LogP contribution >= 0.6 is 7.82 Å². The topological polar surface area (TPSA) is 108 Å². The lowest BCUT2D eigenvalue weighted by Crippen LogP contribution is -2.37. The van der Waals surface area contributed by atoms with E-state index in [0.717, 1.165) is 64.2 Å². The van der Waals surface area contributed by atoms with Gasteiger partial charge in [0.05, 0.1) is 27.7 Å². The van der Waals surface area contributed by atoms with Gasteiger partial charge in [0.1, 0.15) is 19.8 Å². The Hall–Kier alpha value is -2.29. The van der Waals surface area contributed by atoms with E-state index < -0.39 is 26.5 Å². The molecule has 600 valence electrons. The van der Waals surface area contributed by atoms with Crippen molar-refractivity contribution in [3.8, 4) is 0 Å². The number of rotatable bonds is 85. The zero-order chi connectivity index (χ0) is 74.0. The maximum atomic E-state index is 12.9. The van der Waals surface area contributed by atoms with Crippen molar-refractivity contribution in [2.24, 2.45) is 0 Å². The Bertz CT molecular complexity index is 1910. The Balaban J connectivity index is 3.84. The van der Waals surface area contributed by atoms with E-state index in [2.05, 4.69) is 74.6 Å². The molecule has 0 aliphatic heterocycles. The summed E-state index contributed by atoms with van der Waals surface area (Å²) in [6, 6.07) is 0. The summed E-state index contributed by atoms with van der Waals surface area (Å²) >= 11 is 0. The van der Waals surface area contributed by atoms with Crippen LogP contribution < -0.4 is 0 Å². The van der Waals surface area contributed by atoms with E-state index in [1.807, 2.05) is 21.1 Å². The highest BCUT2D eigenvalue weighted by atomic mass is 31.2. The minimum Gasteiger partial charge on any atom is -0.462 e. The van der Waals surface area contributed by atoms with Gasteiger partial charge in [-0.05, 0) is 57.8 Å². The van der Waals surface area contributed by atoms with E-state index >= 15 is 0 Å². The molecule has 2 atom stereocenters. The van der Waals surface area contributed by atoms with Crippen molar-refractivity contribution in [2.75, 3.05) is 47.5 Å². The Morgan fingerprint density at radius 3 is 0.833 bits per heavy atom. The molecule has 2 unspecified atom stereocenters. The first-order chi connectivity index (χ1) is 50.0. The second-order valence-corrected chi connectivity index (χ2v) is 33.4. The smallest absolute Gasteiger partial charge is 0.462 e. The number of carbonyl (C=O) groups is 2. The number of allylic oxidation sites excluding steroid dienone is 10. The van der Waals surface area contributed by atoms with E-state index in [9.17, 15) is 19.0 Å². The third-order valence-electron chi connectivity index (χ3n) is 20.6. The molecule has 0 aromatic rings. The molecule has 0 radical (unpaired) electrons. The highest BCUT2D eigenvalue weighted by molar-refractivity contribution is 7.47. The molecule has 0 aromatic heterocycles. The normalized spacial score (nSPS) is 13.2. The van der Waals surface area contributed by atoms with Crippen LogP contribution in [0.25, 0.3) is 0 Å². The van der Waals surface area contributed by atoms with Crippen molar-refractivity contribution in [1.29, 1.82) is 0 Å². The summed E-state index contributed by atoms with van der Waals surface area (Å²) in [5.41, 5.74) is 0. The number of nitrogens with zero attached hydrogens (tertiary/aromatic N) is 1. The summed E-state index contributed by atoms with van der Waals surface area (Å²) in [6.07, 6.45) is 113. The van der Waals surface area contributed by atoms with Crippen molar-refractivity contribution in [3.63, 3.8) is 0 Å². The standard InChI is InChI=1S/C92H174NO8P/c1-6-8-10-12-14-16-18-20-22-24-26-28-30-32-34-36-38-40-42-44-45-46-47-49-51-53-55-57-59-61-63-65-67-69-71-73-75-77-79-81-83-85-92(95)101-90(89-100-102(96,97)99-87-86-93(3,4)5)88-98-91(94)84-82-80-78-76-74-72-70-68-66-64-62-60-58-56-54-52-50-48-43-41-39-37-35-33-31-29-27-25-23-21-19-17-15-13-11-9-7-2/h8,10,14,16,20,22,26,28,32,34,90H,6-7,9,11-13,15,17-19,21,23-25,27,29-31,33,35-89H2,1-5H3/p+1/b10-8-,16-14-,22-20-,28-26-,34-32-. The molecule has 0 spiro atoms. The Labute approximate surface area is 636 Å². The predicted octanol–water partition coefficient (Wildman–Crippen LogP) is 30.4. The van der Waals surface area contributed by atoms with Gasteiger partial charge in [-0.1, -0.05) is 453 Å². The zero-order valence-corrected chi connectivity index (χ0v) is 69.8. The SMILES string of the molecule is CC/C=C\C/C=C\C/C=C\C/C=C\C/C=C\CCCCCCCCCCCCCCCCCCCCCCCCCCCC(=O)OC(COC(=O)CCCCCCCCCCCCCCCCCCCCCCCCCCCCCCCCCCCCCCC)COP(=O)(O)OCC[N+](C)(C)C. The molecule has 0 saturated carbocycles. The van der Waals surface area contributed by atoms with Crippen LogP contribution in [-0.2, 0) is 32.7 Å². The monoisotopic (exact) mass is 1450 g/mol. The molecule has 10 heteroatoms. The first-order valence-corrected chi connectivity index (χ1v) is 46.5. The van der Waals surface area contributed by atoms with Gasteiger partial charge in [0.25, 0.3) is 0 Å². The van der Waals surface area contributed by atoms with Gasteiger partial charge in [-0.25, -0.2) is 4.57 Å². The minimum absolute atomic E-state index is 0.0351. The fourth-order valence-corrected chi connectivity index (χ4v) is 14.5. The molecule has 0 saturated heterocycles. The van der Waals surface area contributed by atoms with Gasteiger partial charge in [-0.3, -0.25) is 18.6 Å². The number of ether oxygens (including phenoxy) is 2. The quantitative estimate of drug-likeness (QED) is 0.0211. The number of likely N-dealkylation sites (N-methyl/N-ethyl adjacent to an activating group) is 1. The number of hydrogen-bond donors (Lipinski definition) is 1. The van der Waals surface area contributed by atoms with E-state index in [1.54, 1.807) is 0 Å². The number of esters is 2. The summed E-state index contributed by atoms with van der Waals surface area (Å²) in [6.45, 7) is 4.41. The fraction of sp³-hybridized carbons (Fsp3) is 0.870. The minimum atomic E-state index is -4.40. The molecule has 0 fully saturated rings.